The van der Waals surface area contributed by atoms with Crippen LogP contribution in [0.4, 0.5) is 0 Å². The Morgan fingerprint density at radius 1 is 1.31 bits per heavy atom. The van der Waals surface area contributed by atoms with Crippen LogP contribution in [0.5, 0.6) is 0 Å². The van der Waals surface area contributed by atoms with Gasteiger partial charge in [0, 0.05) is 19.3 Å². The van der Waals surface area contributed by atoms with Gasteiger partial charge in [-0.05, 0) is 38.1 Å². The molecule has 1 atom stereocenters. The maximum absolute atomic E-state index is 5.37. The molecule has 1 unspecified atom stereocenters. The van der Waals surface area contributed by atoms with E-state index in [1.807, 2.05) is 0 Å². The summed E-state index contributed by atoms with van der Waals surface area (Å²) in [5.74, 6) is 0.852. The lowest BCUT2D eigenvalue weighted by atomic mass is 9.90. The van der Waals surface area contributed by atoms with Gasteiger partial charge < -0.3 is 10.1 Å². The van der Waals surface area contributed by atoms with Crippen molar-refractivity contribution in [1.82, 2.24) is 5.32 Å². The van der Waals surface area contributed by atoms with E-state index in [4.69, 9.17) is 4.74 Å². The molecule has 0 bridgehead atoms. The minimum atomic E-state index is 0.726. The van der Waals surface area contributed by atoms with Crippen LogP contribution in [0.1, 0.15) is 39.5 Å². The van der Waals surface area contributed by atoms with E-state index in [1.54, 1.807) is 0 Å². The summed E-state index contributed by atoms with van der Waals surface area (Å²) in [6, 6.07) is 0.726. The lowest BCUT2D eigenvalue weighted by molar-refractivity contribution is 0.0532. The molecule has 1 saturated heterocycles. The average molecular weight is 185 g/mol. The third-order valence-electron chi connectivity index (χ3n) is 2.93. The van der Waals surface area contributed by atoms with E-state index in [0.717, 1.165) is 31.7 Å². The number of hydrogen-bond donors (Lipinski definition) is 1. The van der Waals surface area contributed by atoms with Crippen molar-refractivity contribution in [1.29, 1.82) is 0 Å². The van der Waals surface area contributed by atoms with E-state index >= 15 is 0 Å². The van der Waals surface area contributed by atoms with Gasteiger partial charge >= 0.3 is 0 Å². The standard InChI is InChI=1S/C11H23NO/c1-3-7-12-11(4-2)10-5-8-13-9-6-10/h10-12H,3-9H2,1-2H3. The van der Waals surface area contributed by atoms with E-state index in [0.29, 0.717) is 0 Å². The topological polar surface area (TPSA) is 21.3 Å². The summed E-state index contributed by atoms with van der Waals surface area (Å²) in [6.45, 7) is 7.60. The van der Waals surface area contributed by atoms with Crippen molar-refractivity contribution < 1.29 is 4.74 Å². The largest absolute Gasteiger partial charge is 0.381 e. The number of hydrogen-bond acceptors (Lipinski definition) is 2. The van der Waals surface area contributed by atoms with E-state index in [-0.39, 0.29) is 0 Å². The van der Waals surface area contributed by atoms with Gasteiger partial charge in [-0.15, -0.1) is 0 Å². The van der Waals surface area contributed by atoms with Gasteiger partial charge in [0.2, 0.25) is 0 Å². The van der Waals surface area contributed by atoms with Crippen LogP contribution in [-0.2, 0) is 4.74 Å². The van der Waals surface area contributed by atoms with Crippen molar-refractivity contribution in [2.24, 2.45) is 5.92 Å². The predicted octanol–water partition coefficient (Wildman–Crippen LogP) is 2.19. The zero-order valence-corrected chi connectivity index (χ0v) is 9.01. The molecular formula is C11H23NO. The molecule has 0 spiro atoms. The number of ether oxygens (including phenoxy) is 1. The van der Waals surface area contributed by atoms with E-state index in [2.05, 4.69) is 19.2 Å². The maximum Gasteiger partial charge on any atom is 0.0469 e. The molecule has 2 heteroatoms. The lowest BCUT2D eigenvalue weighted by Crippen LogP contribution is -2.38. The molecule has 13 heavy (non-hydrogen) atoms. The Bertz CT molecular complexity index is 121. The molecular weight excluding hydrogens is 162 g/mol. The molecule has 0 aliphatic carbocycles. The average Bonchev–Trinajstić information content (AvgIpc) is 2.21. The van der Waals surface area contributed by atoms with Gasteiger partial charge in [0.05, 0.1) is 0 Å². The first kappa shape index (κ1) is 11.0. The summed E-state index contributed by atoms with van der Waals surface area (Å²) in [6.07, 6.45) is 4.98. The van der Waals surface area contributed by atoms with Crippen molar-refractivity contribution in [3.8, 4) is 0 Å². The second kappa shape index (κ2) is 6.39. The third-order valence-corrected chi connectivity index (χ3v) is 2.93. The second-order valence-corrected chi connectivity index (χ2v) is 3.92. The maximum atomic E-state index is 5.37. The summed E-state index contributed by atoms with van der Waals surface area (Å²) in [4.78, 5) is 0. The molecule has 0 aromatic carbocycles. The summed E-state index contributed by atoms with van der Waals surface area (Å²) in [5.41, 5.74) is 0. The van der Waals surface area contributed by atoms with Crippen LogP contribution >= 0.6 is 0 Å². The highest BCUT2D eigenvalue weighted by Crippen LogP contribution is 2.20. The SMILES string of the molecule is CCCNC(CC)C1CCOCC1. The minimum Gasteiger partial charge on any atom is -0.381 e. The van der Waals surface area contributed by atoms with Gasteiger partial charge in [-0.1, -0.05) is 13.8 Å². The van der Waals surface area contributed by atoms with Gasteiger partial charge in [0.15, 0.2) is 0 Å². The van der Waals surface area contributed by atoms with Crippen LogP contribution in [0.25, 0.3) is 0 Å². The monoisotopic (exact) mass is 185 g/mol. The third kappa shape index (κ3) is 3.65. The van der Waals surface area contributed by atoms with Gasteiger partial charge in [-0.25, -0.2) is 0 Å². The first-order chi connectivity index (χ1) is 6.38. The summed E-state index contributed by atoms with van der Waals surface area (Å²) in [7, 11) is 0. The van der Waals surface area contributed by atoms with E-state index in [1.165, 1.54) is 25.7 Å². The van der Waals surface area contributed by atoms with Crippen molar-refractivity contribution in [2.45, 2.75) is 45.6 Å². The van der Waals surface area contributed by atoms with Crippen molar-refractivity contribution in [3.63, 3.8) is 0 Å². The van der Waals surface area contributed by atoms with Crippen LogP contribution < -0.4 is 5.32 Å². The zero-order valence-electron chi connectivity index (χ0n) is 9.01. The predicted molar refractivity (Wildman–Crippen MR) is 55.9 cm³/mol. The fourth-order valence-electron chi connectivity index (χ4n) is 2.09. The molecule has 0 saturated carbocycles. The Hall–Kier alpha value is -0.0800. The molecule has 1 N–H and O–H groups in total. The summed E-state index contributed by atoms with van der Waals surface area (Å²) in [5, 5.41) is 3.63. The summed E-state index contributed by atoms with van der Waals surface area (Å²) >= 11 is 0. The van der Waals surface area contributed by atoms with Crippen molar-refractivity contribution in [3.05, 3.63) is 0 Å². The second-order valence-electron chi connectivity index (χ2n) is 3.92. The first-order valence-electron chi connectivity index (χ1n) is 5.69. The molecule has 0 amide bonds. The fraction of sp³-hybridized carbons (Fsp3) is 1.00. The van der Waals surface area contributed by atoms with Crippen LogP contribution in [0.15, 0.2) is 0 Å². The van der Waals surface area contributed by atoms with Crippen LogP contribution in [0.3, 0.4) is 0 Å². The highest BCUT2D eigenvalue weighted by molar-refractivity contribution is 4.77. The molecule has 1 heterocycles. The van der Waals surface area contributed by atoms with Gasteiger partial charge in [0.25, 0.3) is 0 Å². The van der Waals surface area contributed by atoms with Crippen LogP contribution in [0.2, 0.25) is 0 Å². The Labute approximate surface area is 82.0 Å². The fourth-order valence-corrected chi connectivity index (χ4v) is 2.09. The van der Waals surface area contributed by atoms with Gasteiger partial charge in [0.1, 0.15) is 0 Å². The normalized spacial score (nSPS) is 21.7. The molecule has 78 valence electrons. The quantitative estimate of drug-likeness (QED) is 0.709. The highest BCUT2D eigenvalue weighted by Gasteiger charge is 2.21. The molecule has 1 rings (SSSR count). The Morgan fingerprint density at radius 2 is 2.00 bits per heavy atom. The van der Waals surface area contributed by atoms with E-state index < -0.39 is 0 Å². The molecule has 1 aliphatic rings. The molecule has 2 nitrogen and oxygen atoms in total. The Balaban J connectivity index is 2.26. The van der Waals surface area contributed by atoms with Crippen LogP contribution in [-0.4, -0.2) is 25.8 Å². The van der Waals surface area contributed by atoms with Crippen molar-refractivity contribution >= 4 is 0 Å². The Kier molecular flexibility index (Phi) is 5.40. The highest BCUT2D eigenvalue weighted by atomic mass is 16.5. The molecule has 1 aliphatic heterocycles. The van der Waals surface area contributed by atoms with E-state index in [9.17, 15) is 0 Å². The van der Waals surface area contributed by atoms with Crippen molar-refractivity contribution in [2.75, 3.05) is 19.8 Å². The number of rotatable bonds is 5. The lowest BCUT2D eigenvalue weighted by Gasteiger charge is -2.30. The minimum absolute atomic E-state index is 0.726. The molecule has 0 aromatic rings. The van der Waals surface area contributed by atoms with Crippen LogP contribution in [0, 0.1) is 5.92 Å². The van der Waals surface area contributed by atoms with Gasteiger partial charge in [-0.3, -0.25) is 0 Å². The van der Waals surface area contributed by atoms with Gasteiger partial charge in [-0.2, -0.15) is 0 Å². The Morgan fingerprint density at radius 3 is 2.54 bits per heavy atom. The zero-order chi connectivity index (χ0) is 9.52. The summed E-state index contributed by atoms with van der Waals surface area (Å²) < 4.78 is 5.37. The molecule has 0 aromatic heterocycles. The first-order valence-corrected chi connectivity index (χ1v) is 5.69. The smallest absolute Gasteiger partial charge is 0.0469 e. The molecule has 1 fully saturated rings. The number of nitrogens with one attached hydrogen (secondary N) is 1. The molecule has 0 radical (unpaired) electrons.